The SMILES string of the molecule is CCC(C)N(C)CCNC1CCCSC1C. The molecule has 0 saturated carbocycles. The van der Waals surface area contributed by atoms with Crippen LogP contribution in [0.3, 0.4) is 0 Å². The van der Waals surface area contributed by atoms with Gasteiger partial charge in [0.15, 0.2) is 0 Å². The first-order chi connectivity index (χ1) is 7.65. The fourth-order valence-corrected chi connectivity index (χ4v) is 3.32. The van der Waals surface area contributed by atoms with Crippen molar-refractivity contribution in [1.29, 1.82) is 0 Å². The number of hydrogen-bond donors (Lipinski definition) is 1. The summed E-state index contributed by atoms with van der Waals surface area (Å²) in [6, 6.07) is 1.45. The van der Waals surface area contributed by atoms with Crippen molar-refractivity contribution in [3.8, 4) is 0 Å². The van der Waals surface area contributed by atoms with Crippen molar-refractivity contribution < 1.29 is 0 Å². The van der Waals surface area contributed by atoms with Crippen LogP contribution in [-0.4, -0.2) is 48.1 Å². The maximum Gasteiger partial charge on any atom is 0.0184 e. The molecule has 96 valence electrons. The molecule has 2 nitrogen and oxygen atoms in total. The van der Waals surface area contributed by atoms with Gasteiger partial charge in [0.25, 0.3) is 0 Å². The Morgan fingerprint density at radius 3 is 2.88 bits per heavy atom. The van der Waals surface area contributed by atoms with Crippen LogP contribution in [0.25, 0.3) is 0 Å². The summed E-state index contributed by atoms with van der Waals surface area (Å²) in [5.41, 5.74) is 0. The van der Waals surface area contributed by atoms with Crippen molar-refractivity contribution in [2.75, 3.05) is 25.9 Å². The quantitative estimate of drug-likeness (QED) is 0.773. The van der Waals surface area contributed by atoms with E-state index in [9.17, 15) is 0 Å². The third-order valence-corrected chi connectivity index (χ3v) is 5.20. The maximum absolute atomic E-state index is 3.72. The van der Waals surface area contributed by atoms with Gasteiger partial charge in [-0.05, 0) is 39.0 Å². The molecule has 0 aromatic rings. The highest BCUT2D eigenvalue weighted by atomic mass is 32.2. The van der Waals surface area contributed by atoms with Gasteiger partial charge in [0.1, 0.15) is 0 Å². The lowest BCUT2D eigenvalue weighted by atomic mass is 10.1. The number of likely N-dealkylation sites (N-methyl/N-ethyl adjacent to an activating group) is 1. The fourth-order valence-electron chi connectivity index (χ4n) is 2.15. The van der Waals surface area contributed by atoms with Crippen LogP contribution in [0.5, 0.6) is 0 Å². The molecule has 0 aromatic carbocycles. The molecule has 3 atom stereocenters. The topological polar surface area (TPSA) is 15.3 Å². The van der Waals surface area contributed by atoms with E-state index in [1.165, 1.54) is 31.6 Å². The van der Waals surface area contributed by atoms with Crippen LogP contribution < -0.4 is 5.32 Å². The molecule has 0 bridgehead atoms. The second-order valence-corrected chi connectivity index (χ2v) is 6.50. The second kappa shape index (κ2) is 7.57. The Hall–Kier alpha value is 0.270. The molecule has 3 unspecified atom stereocenters. The summed E-state index contributed by atoms with van der Waals surface area (Å²) in [5, 5.41) is 4.51. The minimum atomic E-state index is 0.708. The average Bonchev–Trinajstić information content (AvgIpc) is 2.30. The van der Waals surface area contributed by atoms with Crippen molar-refractivity contribution in [2.45, 2.75) is 57.4 Å². The van der Waals surface area contributed by atoms with Gasteiger partial charge in [0.2, 0.25) is 0 Å². The van der Waals surface area contributed by atoms with E-state index in [-0.39, 0.29) is 0 Å². The van der Waals surface area contributed by atoms with Gasteiger partial charge in [-0.3, -0.25) is 0 Å². The van der Waals surface area contributed by atoms with Crippen LogP contribution in [0.1, 0.15) is 40.0 Å². The average molecular weight is 244 g/mol. The largest absolute Gasteiger partial charge is 0.312 e. The van der Waals surface area contributed by atoms with Crippen LogP contribution >= 0.6 is 11.8 Å². The summed E-state index contributed by atoms with van der Waals surface area (Å²) in [6.07, 6.45) is 3.99. The highest BCUT2D eigenvalue weighted by Crippen LogP contribution is 2.24. The fraction of sp³-hybridized carbons (Fsp3) is 1.00. The molecule has 0 aliphatic carbocycles. The van der Waals surface area contributed by atoms with Gasteiger partial charge in [0.05, 0.1) is 0 Å². The Labute approximate surface area is 106 Å². The van der Waals surface area contributed by atoms with Crippen molar-refractivity contribution >= 4 is 11.8 Å². The molecule has 1 rings (SSSR count). The molecule has 3 heteroatoms. The van der Waals surface area contributed by atoms with Gasteiger partial charge < -0.3 is 10.2 Å². The zero-order valence-corrected chi connectivity index (χ0v) is 12.1. The van der Waals surface area contributed by atoms with Crippen LogP contribution in [-0.2, 0) is 0 Å². The smallest absolute Gasteiger partial charge is 0.0184 e. The molecular weight excluding hydrogens is 216 g/mol. The Balaban J connectivity index is 2.14. The summed E-state index contributed by atoms with van der Waals surface area (Å²) >= 11 is 2.12. The summed E-state index contributed by atoms with van der Waals surface area (Å²) in [5.74, 6) is 1.35. The first kappa shape index (κ1) is 14.3. The van der Waals surface area contributed by atoms with E-state index in [1.54, 1.807) is 0 Å². The number of nitrogens with one attached hydrogen (secondary N) is 1. The highest BCUT2D eigenvalue weighted by molar-refractivity contribution is 7.99. The van der Waals surface area contributed by atoms with E-state index in [0.29, 0.717) is 6.04 Å². The lowest BCUT2D eigenvalue weighted by Gasteiger charge is -2.31. The molecule has 1 aliphatic rings. The number of nitrogens with zero attached hydrogens (tertiary/aromatic N) is 1. The summed E-state index contributed by atoms with van der Waals surface area (Å²) < 4.78 is 0. The Kier molecular flexibility index (Phi) is 6.78. The predicted octanol–water partition coefficient (Wildman–Crippen LogP) is 2.59. The van der Waals surface area contributed by atoms with E-state index in [1.807, 2.05) is 0 Å². The molecule has 1 aliphatic heterocycles. The van der Waals surface area contributed by atoms with Gasteiger partial charge in [-0.15, -0.1) is 0 Å². The van der Waals surface area contributed by atoms with Gasteiger partial charge in [-0.2, -0.15) is 11.8 Å². The molecule has 0 aromatic heterocycles. The minimum Gasteiger partial charge on any atom is -0.312 e. The Morgan fingerprint density at radius 1 is 1.50 bits per heavy atom. The molecule has 1 heterocycles. The van der Waals surface area contributed by atoms with E-state index in [0.717, 1.165) is 17.8 Å². The predicted molar refractivity (Wildman–Crippen MR) is 75.3 cm³/mol. The van der Waals surface area contributed by atoms with Crippen molar-refractivity contribution in [2.24, 2.45) is 0 Å². The lowest BCUT2D eigenvalue weighted by molar-refractivity contribution is 0.247. The molecule has 1 fully saturated rings. The van der Waals surface area contributed by atoms with E-state index >= 15 is 0 Å². The van der Waals surface area contributed by atoms with E-state index in [2.05, 4.69) is 49.8 Å². The number of rotatable bonds is 6. The molecule has 0 radical (unpaired) electrons. The molecule has 0 amide bonds. The molecular formula is C13H28N2S. The molecule has 1 N–H and O–H groups in total. The van der Waals surface area contributed by atoms with Crippen LogP contribution in [0.15, 0.2) is 0 Å². The molecule has 1 saturated heterocycles. The highest BCUT2D eigenvalue weighted by Gasteiger charge is 2.20. The van der Waals surface area contributed by atoms with Gasteiger partial charge >= 0.3 is 0 Å². The second-order valence-electron chi connectivity index (χ2n) is 5.02. The van der Waals surface area contributed by atoms with Crippen LogP contribution in [0, 0.1) is 0 Å². The monoisotopic (exact) mass is 244 g/mol. The van der Waals surface area contributed by atoms with Gasteiger partial charge in [-0.25, -0.2) is 0 Å². The van der Waals surface area contributed by atoms with Gasteiger partial charge in [-0.1, -0.05) is 13.8 Å². The first-order valence-electron chi connectivity index (χ1n) is 6.70. The Morgan fingerprint density at radius 2 is 2.25 bits per heavy atom. The standard InChI is InChI=1S/C13H28N2S/c1-5-11(2)15(4)9-8-14-13-7-6-10-16-12(13)3/h11-14H,5-10H2,1-4H3. The number of thioether (sulfide) groups is 1. The third-order valence-electron chi connectivity index (χ3n) is 3.82. The van der Waals surface area contributed by atoms with Crippen molar-refractivity contribution in [3.63, 3.8) is 0 Å². The van der Waals surface area contributed by atoms with Crippen LogP contribution in [0.2, 0.25) is 0 Å². The summed E-state index contributed by atoms with van der Waals surface area (Å²) in [4.78, 5) is 2.45. The Bertz CT molecular complexity index is 187. The normalized spacial score (nSPS) is 28.3. The zero-order valence-electron chi connectivity index (χ0n) is 11.3. The van der Waals surface area contributed by atoms with Crippen molar-refractivity contribution in [3.05, 3.63) is 0 Å². The van der Waals surface area contributed by atoms with Crippen LogP contribution in [0.4, 0.5) is 0 Å². The number of hydrogen-bond acceptors (Lipinski definition) is 3. The van der Waals surface area contributed by atoms with Crippen molar-refractivity contribution in [1.82, 2.24) is 10.2 Å². The molecule has 16 heavy (non-hydrogen) atoms. The first-order valence-corrected chi connectivity index (χ1v) is 7.75. The van der Waals surface area contributed by atoms with Gasteiger partial charge in [0, 0.05) is 30.4 Å². The maximum atomic E-state index is 3.72. The minimum absolute atomic E-state index is 0.708. The van der Waals surface area contributed by atoms with E-state index < -0.39 is 0 Å². The third kappa shape index (κ3) is 4.64. The lowest BCUT2D eigenvalue weighted by Crippen LogP contribution is -2.43. The van der Waals surface area contributed by atoms with E-state index in [4.69, 9.17) is 0 Å². The summed E-state index contributed by atoms with van der Waals surface area (Å²) in [6.45, 7) is 9.23. The summed E-state index contributed by atoms with van der Waals surface area (Å²) in [7, 11) is 2.23. The zero-order chi connectivity index (χ0) is 12.0. The molecule has 0 spiro atoms.